The van der Waals surface area contributed by atoms with Gasteiger partial charge < -0.3 is 10.6 Å². The van der Waals surface area contributed by atoms with Crippen LogP contribution in [0.25, 0.3) is 0 Å². The van der Waals surface area contributed by atoms with Crippen molar-refractivity contribution in [2.75, 3.05) is 39.3 Å². The summed E-state index contributed by atoms with van der Waals surface area (Å²) in [5.41, 5.74) is 5.53. The van der Waals surface area contributed by atoms with E-state index in [2.05, 4.69) is 9.80 Å². The van der Waals surface area contributed by atoms with Crippen molar-refractivity contribution in [2.24, 2.45) is 5.73 Å². The Morgan fingerprint density at radius 2 is 1.93 bits per heavy atom. The molecule has 2 heterocycles. The molecule has 2 aliphatic rings. The molecule has 0 aromatic heterocycles. The Hall–Kier alpha value is -0.120. The highest BCUT2D eigenvalue weighted by Gasteiger charge is 2.28. The third kappa shape index (κ3) is 2.47. The van der Waals surface area contributed by atoms with Crippen LogP contribution in [0.15, 0.2) is 0 Å². The van der Waals surface area contributed by atoms with Crippen LogP contribution in [0.3, 0.4) is 0 Å². The predicted molar refractivity (Wildman–Crippen MR) is 59.3 cm³/mol. The van der Waals surface area contributed by atoms with Gasteiger partial charge >= 0.3 is 0 Å². The number of hydrogen-bond acceptors (Lipinski definition) is 3. The molecule has 1 atom stereocenters. The Balaban J connectivity index is 1.71. The largest absolute Gasteiger partial charge is 0.330 e. The van der Waals surface area contributed by atoms with E-state index in [1.165, 1.54) is 52.0 Å². The highest BCUT2D eigenvalue weighted by molar-refractivity contribution is 4.85. The van der Waals surface area contributed by atoms with Gasteiger partial charge in [0, 0.05) is 12.6 Å². The second kappa shape index (κ2) is 5.10. The topological polar surface area (TPSA) is 32.5 Å². The van der Waals surface area contributed by atoms with E-state index < -0.39 is 0 Å². The quantitative estimate of drug-likeness (QED) is 0.712. The Morgan fingerprint density at radius 1 is 1.14 bits per heavy atom. The fourth-order valence-corrected chi connectivity index (χ4v) is 2.73. The van der Waals surface area contributed by atoms with Gasteiger partial charge in [0.05, 0.1) is 0 Å². The van der Waals surface area contributed by atoms with Gasteiger partial charge in [0.1, 0.15) is 0 Å². The smallest absolute Gasteiger partial charge is 0.0235 e. The lowest BCUT2D eigenvalue weighted by atomic mass is 10.2. The van der Waals surface area contributed by atoms with E-state index in [9.17, 15) is 0 Å². The maximum Gasteiger partial charge on any atom is 0.0235 e. The van der Waals surface area contributed by atoms with E-state index in [-0.39, 0.29) is 0 Å². The summed E-state index contributed by atoms with van der Waals surface area (Å²) in [4.78, 5) is 5.26. The van der Waals surface area contributed by atoms with Crippen LogP contribution in [-0.2, 0) is 0 Å². The summed E-state index contributed by atoms with van der Waals surface area (Å²) in [5, 5.41) is 0. The highest BCUT2D eigenvalue weighted by atomic mass is 15.3. The molecule has 0 aromatic rings. The van der Waals surface area contributed by atoms with Crippen LogP contribution in [0.4, 0.5) is 0 Å². The van der Waals surface area contributed by atoms with Crippen molar-refractivity contribution < 1.29 is 0 Å². The summed E-state index contributed by atoms with van der Waals surface area (Å²) >= 11 is 0. The Kier molecular flexibility index (Phi) is 3.79. The molecular formula is C11H23N3. The van der Waals surface area contributed by atoms with Crippen LogP contribution >= 0.6 is 0 Å². The molecule has 3 heteroatoms. The van der Waals surface area contributed by atoms with Gasteiger partial charge in [-0.15, -0.1) is 0 Å². The minimum absolute atomic E-state index is 0.838. The second-order valence-corrected chi connectivity index (χ2v) is 4.63. The first kappa shape index (κ1) is 10.4. The maximum atomic E-state index is 5.53. The first-order chi connectivity index (χ1) is 6.90. The maximum absolute atomic E-state index is 5.53. The molecule has 2 aliphatic heterocycles. The van der Waals surface area contributed by atoms with Gasteiger partial charge in [-0.2, -0.15) is 0 Å². The van der Waals surface area contributed by atoms with Gasteiger partial charge in [0.25, 0.3) is 0 Å². The van der Waals surface area contributed by atoms with Gasteiger partial charge in [0.2, 0.25) is 0 Å². The molecule has 2 rings (SSSR count). The van der Waals surface area contributed by atoms with Crippen LogP contribution in [0.2, 0.25) is 0 Å². The van der Waals surface area contributed by atoms with Crippen LogP contribution in [0, 0.1) is 0 Å². The average Bonchev–Trinajstić information content (AvgIpc) is 2.85. The van der Waals surface area contributed by atoms with E-state index in [4.69, 9.17) is 5.73 Å². The third-order valence-corrected chi connectivity index (χ3v) is 3.58. The van der Waals surface area contributed by atoms with E-state index in [1.54, 1.807) is 0 Å². The summed E-state index contributed by atoms with van der Waals surface area (Å²) in [5.74, 6) is 0. The standard InChI is InChI=1S/C11H23N3/c12-5-3-6-13-9-4-11(10-13)14-7-1-2-8-14/h11H,1-10,12H2. The highest BCUT2D eigenvalue weighted by Crippen LogP contribution is 2.20. The summed E-state index contributed by atoms with van der Waals surface area (Å²) in [7, 11) is 0. The number of hydrogen-bond donors (Lipinski definition) is 1. The summed E-state index contributed by atoms with van der Waals surface area (Å²) in [6, 6.07) is 0.857. The van der Waals surface area contributed by atoms with Crippen molar-refractivity contribution in [2.45, 2.75) is 31.7 Å². The molecule has 2 N–H and O–H groups in total. The van der Waals surface area contributed by atoms with Crippen molar-refractivity contribution in [1.82, 2.24) is 9.80 Å². The number of nitrogens with two attached hydrogens (primary N) is 1. The Bertz CT molecular complexity index is 166. The fraction of sp³-hybridized carbons (Fsp3) is 1.00. The molecule has 1 unspecified atom stereocenters. The molecule has 0 aliphatic carbocycles. The van der Waals surface area contributed by atoms with Crippen LogP contribution in [0.1, 0.15) is 25.7 Å². The minimum atomic E-state index is 0.838. The molecule has 2 fully saturated rings. The molecule has 0 radical (unpaired) electrons. The van der Waals surface area contributed by atoms with E-state index >= 15 is 0 Å². The Morgan fingerprint density at radius 3 is 2.64 bits per heavy atom. The lowest BCUT2D eigenvalue weighted by Crippen LogP contribution is -2.35. The lowest BCUT2D eigenvalue weighted by molar-refractivity contribution is 0.232. The normalized spacial score (nSPS) is 30.2. The summed E-state index contributed by atoms with van der Waals surface area (Å²) < 4.78 is 0. The van der Waals surface area contributed by atoms with Crippen molar-refractivity contribution in [3.63, 3.8) is 0 Å². The van der Waals surface area contributed by atoms with Gasteiger partial charge in [0.15, 0.2) is 0 Å². The molecule has 0 amide bonds. The first-order valence-corrected chi connectivity index (χ1v) is 6.06. The number of nitrogens with zero attached hydrogens (tertiary/aromatic N) is 2. The number of likely N-dealkylation sites (tertiary alicyclic amines) is 2. The monoisotopic (exact) mass is 197 g/mol. The van der Waals surface area contributed by atoms with Crippen molar-refractivity contribution in [3.05, 3.63) is 0 Å². The van der Waals surface area contributed by atoms with Crippen molar-refractivity contribution >= 4 is 0 Å². The lowest BCUT2D eigenvalue weighted by Gasteiger charge is -2.23. The second-order valence-electron chi connectivity index (χ2n) is 4.63. The molecule has 82 valence electrons. The van der Waals surface area contributed by atoms with Crippen molar-refractivity contribution in [1.29, 1.82) is 0 Å². The minimum Gasteiger partial charge on any atom is -0.330 e. The molecule has 0 spiro atoms. The molecule has 0 saturated carbocycles. The van der Waals surface area contributed by atoms with Crippen molar-refractivity contribution in [3.8, 4) is 0 Å². The van der Waals surface area contributed by atoms with Gasteiger partial charge in [-0.1, -0.05) is 0 Å². The van der Waals surface area contributed by atoms with Crippen LogP contribution < -0.4 is 5.73 Å². The Labute approximate surface area is 87.2 Å². The SMILES string of the molecule is NCCCN1CCC(N2CCCC2)C1. The molecule has 14 heavy (non-hydrogen) atoms. The van der Waals surface area contributed by atoms with E-state index in [1.807, 2.05) is 0 Å². The van der Waals surface area contributed by atoms with Gasteiger partial charge in [-0.25, -0.2) is 0 Å². The van der Waals surface area contributed by atoms with Gasteiger partial charge in [-0.05, 0) is 58.4 Å². The fourth-order valence-electron chi connectivity index (χ4n) is 2.73. The van der Waals surface area contributed by atoms with E-state index in [0.717, 1.165) is 19.0 Å². The van der Waals surface area contributed by atoms with Crippen LogP contribution in [-0.4, -0.2) is 55.1 Å². The molecule has 0 aromatic carbocycles. The zero-order valence-corrected chi connectivity index (χ0v) is 9.12. The molecule has 2 saturated heterocycles. The zero-order valence-electron chi connectivity index (χ0n) is 9.12. The molecule has 0 bridgehead atoms. The third-order valence-electron chi connectivity index (χ3n) is 3.58. The molecular weight excluding hydrogens is 174 g/mol. The summed E-state index contributed by atoms with van der Waals surface area (Å²) in [6.45, 7) is 7.32. The number of rotatable bonds is 4. The first-order valence-electron chi connectivity index (χ1n) is 6.06. The molecule has 3 nitrogen and oxygen atoms in total. The predicted octanol–water partition coefficient (Wildman–Crippen LogP) is 0.505. The zero-order chi connectivity index (χ0) is 9.80. The van der Waals surface area contributed by atoms with Crippen LogP contribution in [0.5, 0.6) is 0 Å². The van der Waals surface area contributed by atoms with Gasteiger partial charge in [-0.3, -0.25) is 4.90 Å². The van der Waals surface area contributed by atoms with E-state index in [0.29, 0.717) is 0 Å². The average molecular weight is 197 g/mol. The summed E-state index contributed by atoms with van der Waals surface area (Å²) in [6.07, 6.45) is 5.37.